The average Bonchev–Trinajstić information content (AvgIpc) is 2.70. The first-order chi connectivity index (χ1) is 8.84. The molecule has 4 nitrogen and oxygen atoms in total. The van der Waals surface area contributed by atoms with Crippen molar-refractivity contribution in [1.29, 1.82) is 0 Å². The summed E-state index contributed by atoms with van der Waals surface area (Å²) in [4.78, 5) is 0. The third-order valence-corrected chi connectivity index (χ3v) is 3.23. The van der Waals surface area contributed by atoms with Gasteiger partial charge in [-0.2, -0.15) is 0 Å². The van der Waals surface area contributed by atoms with Gasteiger partial charge in [-0.15, -0.1) is 10.2 Å². The number of rotatable bonds is 2. The van der Waals surface area contributed by atoms with Crippen LogP contribution < -0.4 is 4.74 Å². The molecule has 0 spiro atoms. The van der Waals surface area contributed by atoms with Crippen LogP contribution in [0.25, 0.3) is 5.69 Å². The molecule has 0 bridgehead atoms. The van der Waals surface area contributed by atoms with Gasteiger partial charge in [-0.25, -0.2) is 0 Å². The predicted octanol–water partition coefficient (Wildman–Crippen LogP) is 3.88. The maximum atomic E-state index is 6.14. The Morgan fingerprint density at radius 1 is 1.16 bits per heavy atom. The van der Waals surface area contributed by atoms with Crippen LogP contribution in [0.2, 0.25) is 10.3 Å². The molecule has 0 aliphatic heterocycles. The fourth-order valence-electron chi connectivity index (χ4n) is 1.77. The summed E-state index contributed by atoms with van der Waals surface area (Å²) in [6.07, 6.45) is 0. The number of benzene rings is 1. The van der Waals surface area contributed by atoms with Crippen molar-refractivity contribution < 1.29 is 4.74 Å². The third-order valence-electron chi connectivity index (χ3n) is 2.69. The quantitative estimate of drug-likeness (QED) is 0.845. The van der Waals surface area contributed by atoms with Crippen LogP contribution in [0.3, 0.4) is 0 Å². The van der Waals surface area contributed by atoms with E-state index in [1.807, 2.05) is 6.07 Å². The SMILES string of the molecule is COc1ccc(-n2c(Cl)nnc2C(C)(C)C)cc1Cl. The van der Waals surface area contributed by atoms with E-state index in [0.717, 1.165) is 11.5 Å². The molecule has 102 valence electrons. The highest BCUT2D eigenvalue weighted by atomic mass is 35.5. The van der Waals surface area contributed by atoms with E-state index in [0.29, 0.717) is 16.1 Å². The molecule has 2 aromatic rings. The number of aromatic nitrogens is 3. The molecule has 0 amide bonds. The Morgan fingerprint density at radius 2 is 1.84 bits per heavy atom. The maximum Gasteiger partial charge on any atom is 0.229 e. The van der Waals surface area contributed by atoms with Crippen molar-refractivity contribution in [2.75, 3.05) is 7.11 Å². The van der Waals surface area contributed by atoms with Crippen molar-refractivity contribution >= 4 is 23.2 Å². The second-order valence-corrected chi connectivity index (χ2v) is 5.94. The highest BCUT2D eigenvalue weighted by Gasteiger charge is 2.24. The van der Waals surface area contributed by atoms with Crippen molar-refractivity contribution in [1.82, 2.24) is 14.8 Å². The Hall–Kier alpha value is -1.26. The molecule has 0 atom stereocenters. The summed E-state index contributed by atoms with van der Waals surface area (Å²) in [5.41, 5.74) is 0.637. The van der Waals surface area contributed by atoms with Crippen molar-refractivity contribution in [2.24, 2.45) is 0 Å². The number of halogens is 2. The van der Waals surface area contributed by atoms with Gasteiger partial charge in [0.15, 0.2) is 0 Å². The number of hydrogen-bond donors (Lipinski definition) is 0. The van der Waals surface area contributed by atoms with Gasteiger partial charge in [-0.05, 0) is 29.8 Å². The molecule has 0 aliphatic rings. The zero-order valence-corrected chi connectivity index (χ0v) is 12.7. The summed E-state index contributed by atoms with van der Waals surface area (Å²) in [5, 5.41) is 8.91. The maximum absolute atomic E-state index is 6.14. The normalized spacial score (nSPS) is 11.7. The van der Waals surface area contributed by atoms with Crippen molar-refractivity contribution in [3.63, 3.8) is 0 Å². The largest absolute Gasteiger partial charge is 0.495 e. The molecule has 0 fully saturated rings. The second-order valence-electron chi connectivity index (χ2n) is 5.20. The minimum absolute atomic E-state index is 0.174. The van der Waals surface area contributed by atoms with E-state index in [9.17, 15) is 0 Å². The standard InChI is InChI=1S/C13H15Cl2N3O/c1-13(2,3)11-16-17-12(15)18(11)8-5-6-10(19-4)9(14)7-8/h5-7H,1-4H3. The van der Waals surface area contributed by atoms with Gasteiger partial charge >= 0.3 is 0 Å². The molecule has 0 saturated carbocycles. The number of nitrogens with zero attached hydrogens (tertiary/aromatic N) is 3. The first-order valence-electron chi connectivity index (χ1n) is 5.80. The van der Waals surface area contributed by atoms with Crippen molar-refractivity contribution in [3.8, 4) is 11.4 Å². The highest BCUT2D eigenvalue weighted by molar-refractivity contribution is 6.32. The van der Waals surface area contributed by atoms with Crippen molar-refractivity contribution in [2.45, 2.75) is 26.2 Å². The Labute approximate surface area is 122 Å². The topological polar surface area (TPSA) is 39.9 Å². The summed E-state index contributed by atoms with van der Waals surface area (Å²) in [5.74, 6) is 1.39. The van der Waals surface area contributed by atoms with Crippen LogP contribution in [0.15, 0.2) is 18.2 Å². The van der Waals surface area contributed by atoms with Crippen LogP contribution in [0.5, 0.6) is 5.75 Å². The summed E-state index contributed by atoms with van der Waals surface area (Å²) in [6.45, 7) is 6.15. The van der Waals surface area contributed by atoms with E-state index in [2.05, 4.69) is 31.0 Å². The highest BCUT2D eigenvalue weighted by Crippen LogP contribution is 2.31. The number of hydrogen-bond acceptors (Lipinski definition) is 3. The molecule has 0 saturated heterocycles. The van der Waals surface area contributed by atoms with Crippen LogP contribution in [0.1, 0.15) is 26.6 Å². The van der Waals surface area contributed by atoms with Gasteiger partial charge in [0.1, 0.15) is 11.6 Å². The van der Waals surface area contributed by atoms with Crippen LogP contribution in [-0.4, -0.2) is 21.9 Å². The molecule has 0 N–H and O–H groups in total. The Bertz CT molecular complexity index is 602. The van der Waals surface area contributed by atoms with E-state index in [1.54, 1.807) is 23.8 Å². The smallest absolute Gasteiger partial charge is 0.229 e. The first kappa shape index (κ1) is 14.2. The van der Waals surface area contributed by atoms with Gasteiger partial charge < -0.3 is 4.74 Å². The van der Waals surface area contributed by atoms with Crippen molar-refractivity contribution in [3.05, 3.63) is 34.3 Å². The number of methoxy groups -OCH3 is 1. The lowest BCUT2D eigenvalue weighted by Gasteiger charge is -2.19. The first-order valence-corrected chi connectivity index (χ1v) is 6.55. The summed E-state index contributed by atoms with van der Waals surface area (Å²) >= 11 is 12.3. The van der Waals surface area contributed by atoms with Gasteiger partial charge in [0.2, 0.25) is 5.28 Å². The molecule has 0 unspecified atom stereocenters. The van der Waals surface area contributed by atoms with Gasteiger partial charge in [-0.3, -0.25) is 4.57 Å². The van der Waals surface area contributed by atoms with E-state index in [4.69, 9.17) is 27.9 Å². The van der Waals surface area contributed by atoms with Crippen LogP contribution >= 0.6 is 23.2 Å². The van der Waals surface area contributed by atoms with E-state index in [1.165, 1.54) is 0 Å². The Kier molecular flexibility index (Phi) is 3.74. The second kappa shape index (κ2) is 5.02. The molecule has 19 heavy (non-hydrogen) atoms. The zero-order chi connectivity index (χ0) is 14.2. The molecular formula is C13H15Cl2N3O. The molecule has 0 aliphatic carbocycles. The van der Waals surface area contributed by atoms with E-state index >= 15 is 0 Å². The molecule has 2 rings (SSSR count). The molecule has 1 heterocycles. The molecular weight excluding hydrogens is 285 g/mol. The van der Waals surface area contributed by atoms with Gasteiger partial charge in [0, 0.05) is 5.41 Å². The summed E-state index contributed by atoms with van der Waals surface area (Å²) < 4.78 is 6.92. The van der Waals surface area contributed by atoms with Gasteiger partial charge in [-0.1, -0.05) is 32.4 Å². The van der Waals surface area contributed by atoms with Gasteiger partial charge in [0.25, 0.3) is 0 Å². The molecule has 0 radical (unpaired) electrons. The minimum Gasteiger partial charge on any atom is -0.495 e. The zero-order valence-electron chi connectivity index (χ0n) is 11.2. The predicted molar refractivity (Wildman–Crippen MR) is 76.6 cm³/mol. The van der Waals surface area contributed by atoms with Crippen LogP contribution in [0, 0.1) is 0 Å². The Morgan fingerprint density at radius 3 is 2.37 bits per heavy atom. The minimum atomic E-state index is -0.174. The average molecular weight is 300 g/mol. The lowest BCUT2D eigenvalue weighted by atomic mass is 9.95. The monoisotopic (exact) mass is 299 g/mol. The van der Waals surface area contributed by atoms with E-state index in [-0.39, 0.29) is 5.41 Å². The van der Waals surface area contributed by atoms with E-state index < -0.39 is 0 Å². The fraction of sp³-hybridized carbons (Fsp3) is 0.385. The number of ether oxygens (including phenoxy) is 1. The van der Waals surface area contributed by atoms with Crippen LogP contribution in [-0.2, 0) is 5.41 Å². The fourth-order valence-corrected chi connectivity index (χ4v) is 2.24. The molecule has 1 aromatic carbocycles. The third kappa shape index (κ3) is 2.69. The van der Waals surface area contributed by atoms with Crippen LogP contribution in [0.4, 0.5) is 0 Å². The van der Waals surface area contributed by atoms with Gasteiger partial charge in [0.05, 0.1) is 17.8 Å². The molecule has 6 heteroatoms. The molecule has 1 aromatic heterocycles. The Balaban J connectivity index is 2.59. The lowest BCUT2D eigenvalue weighted by molar-refractivity contribution is 0.415. The summed E-state index contributed by atoms with van der Waals surface area (Å²) in [7, 11) is 1.58. The summed E-state index contributed by atoms with van der Waals surface area (Å²) in [6, 6.07) is 5.44. The lowest BCUT2D eigenvalue weighted by Crippen LogP contribution is -2.18.